The molecule has 2 aromatic carbocycles. The minimum absolute atomic E-state index is 0.0666. The van der Waals surface area contributed by atoms with Gasteiger partial charge in [-0.3, -0.25) is 14.6 Å². The monoisotopic (exact) mass is 393 g/mol. The molecule has 2 aliphatic rings. The Morgan fingerprint density at radius 3 is 2.83 bits per heavy atom. The first kappa shape index (κ1) is 19.0. The van der Waals surface area contributed by atoms with Gasteiger partial charge in [0.25, 0.3) is 0 Å². The molecule has 7 nitrogen and oxygen atoms in total. The number of benzene rings is 2. The fourth-order valence-electron chi connectivity index (χ4n) is 3.87. The van der Waals surface area contributed by atoms with Crippen LogP contribution >= 0.6 is 0 Å². The van der Waals surface area contributed by atoms with E-state index in [2.05, 4.69) is 5.32 Å². The summed E-state index contributed by atoms with van der Waals surface area (Å²) >= 11 is 0. The molecular weight excluding hydrogens is 370 g/mol. The SMILES string of the molecule is COc1ccc(NC(=O)CN2C(=O)C3CCCC3=Nc3ccccc32)c(OC)c1. The zero-order chi connectivity index (χ0) is 20.4. The van der Waals surface area contributed by atoms with Crippen LogP contribution in [-0.4, -0.2) is 38.3 Å². The lowest BCUT2D eigenvalue weighted by atomic mass is 10.1. The van der Waals surface area contributed by atoms with Crippen molar-refractivity contribution in [2.45, 2.75) is 19.3 Å². The Morgan fingerprint density at radius 2 is 2.03 bits per heavy atom. The van der Waals surface area contributed by atoms with Gasteiger partial charge in [0.05, 0.1) is 37.2 Å². The first-order valence-corrected chi connectivity index (χ1v) is 9.60. The van der Waals surface area contributed by atoms with Crippen LogP contribution < -0.4 is 19.7 Å². The largest absolute Gasteiger partial charge is 0.497 e. The Kier molecular flexibility index (Phi) is 5.20. The molecule has 1 unspecified atom stereocenters. The number of hydrogen-bond acceptors (Lipinski definition) is 5. The molecule has 1 saturated carbocycles. The standard InChI is InChI=1S/C22H23N3O4/c1-28-14-10-11-18(20(12-14)29-2)24-21(26)13-25-19-9-4-3-7-17(19)23-16-8-5-6-15(16)22(25)27/h3-4,7,9-12,15H,5-6,8,13H2,1-2H3,(H,24,26). The van der Waals surface area contributed by atoms with E-state index in [1.807, 2.05) is 24.3 Å². The predicted octanol–water partition coefficient (Wildman–Crippen LogP) is 3.56. The van der Waals surface area contributed by atoms with Crippen molar-refractivity contribution in [2.24, 2.45) is 10.9 Å². The summed E-state index contributed by atoms with van der Waals surface area (Å²) in [7, 11) is 3.09. The molecule has 1 atom stereocenters. The lowest BCUT2D eigenvalue weighted by Gasteiger charge is -2.24. The molecule has 0 saturated heterocycles. The Bertz CT molecular complexity index is 986. The maximum atomic E-state index is 13.2. The molecule has 0 aromatic heterocycles. The number of aliphatic imine (C=N–C) groups is 1. The maximum absolute atomic E-state index is 13.2. The van der Waals surface area contributed by atoms with Crippen molar-refractivity contribution in [1.82, 2.24) is 0 Å². The smallest absolute Gasteiger partial charge is 0.244 e. The number of rotatable bonds is 5. The van der Waals surface area contributed by atoms with Crippen molar-refractivity contribution >= 4 is 34.6 Å². The lowest BCUT2D eigenvalue weighted by molar-refractivity contribution is -0.123. The molecule has 0 spiro atoms. The highest BCUT2D eigenvalue weighted by molar-refractivity contribution is 6.16. The summed E-state index contributed by atoms with van der Waals surface area (Å²) in [4.78, 5) is 32.3. The fourth-order valence-corrected chi connectivity index (χ4v) is 3.87. The number of para-hydroxylation sites is 2. The van der Waals surface area contributed by atoms with Crippen LogP contribution in [0.15, 0.2) is 47.5 Å². The molecule has 4 rings (SSSR count). The van der Waals surface area contributed by atoms with Gasteiger partial charge in [0.15, 0.2) is 0 Å². The van der Waals surface area contributed by atoms with Crippen molar-refractivity contribution < 1.29 is 19.1 Å². The molecule has 2 aromatic rings. The van der Waals surface area contributed by atoms with Crippen LogP contribution in [0.4, 0.5) is 17.1 Å². The fraction of sp³-hybridized carbons (Fsp3) is 0.318. The second-order valence-corrected chi connectivity index (χ2v) is 7.08. The van der Waals surface area contributed by atoms with Gasteiger partial charge in [0.2, 0.25) is 11.8 Å². The maximum Gasteiger partial charge on any atom is 0.244 e. The van der Waals surface area contributed by atoms with E-state index in [1.54, 1.807) is 30.2 Å². The molecule has 1 heterocycles. The number of methoxy groups -OCH3 is 2. The molecule has 1 aliphatic carbocycles. The number of nitrogens with one attached hydrogen (secondary N) is 1. The van der Waals surface area contributed by atoms with Crippen molar-refractivity contribution in [3.63, 3.8) is 0 Å². The number of ether oxygens (including phenoxy) is 2. The van der Waals surface area contributed by atoms with E-state index in [1.165, 1.54) is 7.11 Å². The van der Waals surface area contributed by atoms with Gasteiger partial charge in [-0.2, -0.15) is 0 Å². The van der Waals surface area contributed by atoms with Crippen molar-refractivity contribution in [3.8, 4) is 11.5 Å². The van der Waals surface area contributed by atoms with Crippen molar-refractivity contribution in [1.29, 1.82) is 0 Å². The minimum Gasteiger partial charge on any atom is -0.497 e. The third kappa shape index (κ3) is 3.68. The summed E-state index contributed by atoms with van der Waals surface area (Å²) in [6.07, 6.45) is 2.55. The molecule has 1 aliphatic heterocycles. The summed E-state index contributed by atoms with van der Waals surface area (Å²) in [5.74, 6) is 0.496. The van der Waals surface area contributed by atoms with Crippen LogP contribution in [0.2, 0.25) is 0 Å². The van der Waals surface area contributed by atoms with Crippen LogP contribution in [0.3, 0.4) is 0 Å². The van der Waals surface area contributed by atoms with Gasteiger partial charge in [-0.15, -0.1) is 0 Å². The first-order valence-electron chi connectivity index (χ1n) is 9.60. The first-order chi connectivity index (χ1) is 14.1. The number of anilines is 2. The average Bonchev–Trinajstić information content (AvgIpc) is 3.16. The third-order valence-corrected chi connectivity index (χ3v) is 5.31. The summed E-state index contributed by atoms with van der Waals surface area (Å²) in [6.45, 7) is -0.0929. The molecule has 29 heavy (non-hydrogen) atoms. The van der Waals surface area contributed by atoms with Gasteiger partial charge in [0.1, 0.15) is 18.0 Å². The van der Waals surface area contributed by atoms with E-state index in [4.69, 9.17) is 14.5 Å². The molecule has 1 N–H and O–H groups in total. The molecular formula is C22H23N3O4. The van der Waals surface area contributed by atoms with Crippen molar-refractivity contribution in [3.05, 3.63) is 42.5 Å². The van der Waals surface area contributed by atoms with E-state index in [-0.39, 0.29) is 24.3 Å². The van der Waals surface area contributed by atoms with Crippen LogP contribution in [0.25, 0.3) is 0 Å². The molecule has 0 bridgehead atoms. The van der Waals surface area contributed by atoms with E-state index >= 15 is 0 Å². The zero-order valence-corrected chi connectivity index (χ0v) is 16.5. The molecule has 150 valence electrons. The summed E-state index contributed by atoms with van der Waals surface area (Å²) in [5.41, 5.74) is 2.83. The second-order valence-electron chi connectivity index (χ2n) is 7.08. The number of carbonyl (C=O) groups excluding carboxylic acids is 2. The summed E-state index contributed by atoms with van der Waals surface area (Å²) in [6, 6.07) is 12.6. The van der Waals surface area contributed by atoms with Gasteiger partial charge >= 0.3 is 0 Å². The molecule has 7 heteroatoms. The quantitative estimate of drug-likeness (QED) is 0.842. The van der Waals surface area contributed by atoms with Gasteiger partial charge in [-0.1, -0.05) is 12.1 Å². The Morgan fingerprint density at radius 1 is 1.21 bits per heavy atom. The van der Waals surface area contributed by atoms with E-state index < -0.39 is 0 Å². The Balaban J connectivity index is 1.59. The highest BCUT2D eigenvalue weighted by Gasteiger charge is 2.37. The Hall–Kier alpha value is -3.35. The van der Waals surface area contributed by atoms with Gasteiger partial charge in [-0.25, -0.2) is 0 Å². The molecule has 0 radical (unpaired) electrons. The second kappa shape index (κ2) is 7.95. The third-order valence-electron chi connectivity index (χ3n) is 5.31. The predicted molar refractivity (Wildman–Crippen MR) is 111 cm³/mol. The summed E-state index contributed by atoms with van der Waals surface area (Å²) in [5, 5.41) is 2.84. The normalized spacial score (nSPS) is 17.7. The van der Waals surface area contributed by atoms with Gasteiger partial charge in [-0.05, 0) is 43.5 Å². The number of amides is 2. The Labute approximate surface area is 169 Å². The molecule has 2 amide bonds. The average molecular weight is 393 g/mol. The van der Waals surface area contributed by atoms with E-state index in [9.17, 15) is 9.59 Å². The number of fused-ring (bicyclic) bond motifs is 2. The number of nitrogens with zero attached hydrogens (tertiary/aromatic N) is 2. The van der Waals surface area contributed by atoms with Crippen molar-refractivity contribution in [2.75, 3.05) is 31.0 Å². The van der Waals surface area contributed by atoms with Crippen LogP contribution in [0, 0.1) is 5.92 Å². The van der Waals surface area contributed by atoms with Gasteiger partial charge in [0, 0.05) is 11.8 Å². The van der Waals surface area contributed by atoms with Crippen LogP contribution in [0.5, 0.6) is 11.5 Å². The van der Waals surface area contributed by atoms with Gasteiger partial charge < -0.3 is 19.7 Å². The summed E-state index contributed by atoms with van der Waals surface area (Å²) < 4.78 is 10.5. The zero-order valence-electron chi connectivity index (χ0n) is 16.5. The topological polar surface area (TPSA) is 80.2 Å². The number of hydrogen-bond donors (Lipinski definition) is 1. The van der Waals surface area contributed by atoms with E-state index in [0.29, 0.717) is 22.9 Å². The lowest BCUT2D eigenvalue weighted by Crippen LogP contribution is -2.41. The van der Waals surface area contributed by atoms with Crippen LogP contribution in [-0.2, 0) is 9.59 Å². The number of carbonyl (C=O) groups is 2. The highest BCUT2D eigenvalue weighted by atomic mass is 16.5. The van der Waals surface area contributed by atoms with Crippen LogP contribution in [0.1, 0.15) is 19.3 Å². The minimum atomic E-state index is -0.307. The highest BCUT2D eigenvalue weighted by Crippen LogP contribution is 2.38. The molecule has 1 fully saturated rings. The van der Waals surface area contributed by atoms with E-state index in [0.717, 1.165) is 30.7 Å².